The molecule has 0 aliphatic heterocycles. The Hall–Kier alpha value is -2.86. The van der Waals surface area contributed by atoms with Crippen molar-refractivity contribution in [3.8, 4) is 23.0 Å². The van der Waals surface area contributed by atoms with Gasteiger partial charge in [0, 0.05) is 17.3 Å². The number of aromatic nitrogens is 4. The summed E-state index contributed by atoms with van der Waals surface area (Å²) in [6, 6.07) is 7.70. The highest BCUT2D eigenvalue weighted by atomic mass is 79.9. The van der Waals surface area contributed by atoms with Crippen molar-refractivity contribution in [3.63, 3.8) is 0 Å². The van der Waals surface area contributed by atoms with Crippen molar-refractivity contribution in [3.05, 3.63) is 46.3 Å². The SMILES string of the molecule is CC(C)(C)OC(=O)NC(=O)OC(C)(C)Cc1ncc(Br)nc1-c1nnc(-c2cccc(CBr)c2)o1. The fourth-order valence-corrected chi connectivity index (χ4v) is 3.65. The number of amides is 2. The minimum absolute atomic E-state index is 0.154. The summed E-state index contributed by atoms with van der Waals surface area (Å²) in [7, 11) is 0. The van der Waals surface area contributed by atoms with E-state index in [0.29, 0.717) is 27.2 Å². The Morgan fingerprint density at radius 3 is 2.43 bits per heavy atom. The van der Waals surface area contributed by atoms with E-state index in [9.17, 15) is 9.59 Å². The van der Waals surface area contributed by atoms with Gasteiger partial charge in [0.15, 0.2) is 5.69 Å². The summed E-state index contributed by atoms with van der Waals surface area (Å²) >= 11 is 6.76. The molecule has 0 atom stereocenters. The summed E-state index contributed by atoms with van der Waals surface area (Å²) in [4.78, 5) is 33.0. The van der Waals surface area contributed by atoms with Crippen LogP contribution in [0, 0.1) is 0 Å². The third-order valence-corrected chi connectivity index (χ3v) is 5.37. The van der Waals surface area contributed by atoms with E-state index in [4.69, 9.17) is 13.9 Å². The number of nitrogens with one attached hydrogen (secondary N) is 1. The van der Waals surface area contributed by atoms with Crippen molar-refractivity contribution in [2.45, 2.75) is 57.6 Å². The number of nitrogens with zero attached hydrogens (tertiary/aromatic N) is 4. The first kappa shape index (κ1) is 26.7. The molecule has 0 radical (unpaired) electrons. The van der Waals surface area contributed by atoms with Gasteiger partial charge in [-0.25, -0.2) is 19.9 Å². The minimum atomic E-state index is -1.06. The molecule has 12 heteroatoms. The molecule has 0 spiro atoms. The van der Waals surface area contributed by atoms with E-state index in [2.05, 4.69) is 57.3 Å². The number of halogens is 2. The Kier molecular flexibility index (Phi) is 8.26. The second-order valence-electron chi connectivity index (χ2n) is 9.19. The zero-order valence-electron chi connectivity index (χ0n) is 19.9. The lowest BCUT2D eigenvalue weighted by molar-refractivity contribution is 0.0276. The Morgan fingerprint density at radius 2 is 1.74 bits per heavy atom. The summed E-state index contributed by atoms with van der Waals surface area (Å²) in [6.07, 6.45) is -0.166. The van der Waals surface area contributed by atoms with E-state index in [1.165, 1.54) is 6.20 Å². The molecule has 186 valence electrons. The maximum atomic E-state index is 12.2. The van der Waals surface area contributed by atoms with E-state index in [-0.39, 0.29) is 12.3 Å². The highest BCUT2D eigenvalue weighted by Crippen LogP contribution is 2.29. The van der Waals surface area contributed by atoms with Gasteiger partial charge in [0.1, 0.15) is 15.8 Å². The Bertz CT molecular complexity index is 1220. The fourth-order valence-electron chi connectivity index (χ4n) is 3.02. The molecule has 2 aromatic heterocycles. The largest absolute Gasteiger partial charge is 0.443 e. The number of alkyl carbamates (subject to hydrolysis) is 2. The van der Waals surface area contributed by atoms with Crippen LogP contribution in [0.15, 0.2) is 39.5 Å². The molecule has 3 rings (SSSR count). The summed E-state index contributed by atoms with van der Waals surface area (Å²) in [5.41, 5.74) is 0.838. The molecule has 1 aromatic carbocycles. The van der Waals surface area contributed by atoms with Crippen LogP contribution in [0.4, 0.5) is 9.59 Å². The molecule has 3 aromatic rings. The van der Waals surface area contributed by atoms with E-state index in [1.54, 1.807) is 34.6 Å². The number of alkyl halides is 1. The topological polar surface area (TPSA) is 129 Å². The number of imide groups is 1. The molecule has 0 unspecified atom stereocenters. The summed E-state index contributed by atoms with van der Waals surface area (Å²) in [6.45, 7) is 8.44. The van der Waals surface area contributed by atoms with Gasteiger partial charge in [-0.2, -0.15) is 0 Å². The highest BCUT2D eigenvalue weighted by molar-refractivity contribution is 9.10. The molecule has 0 aliphatic rings. The lowest BCUT2D eigenvalue weighted by atomic mass is 10.0. The summed E-state index contributed by atoms with van der Waals surface area (Å²) in [5, 5.41) is 11.1. The molecule has 1 N–H and O–H groups in total. The molecular formula is C23H25Br2N5O5. The van der Waals surface area contributed by atoms with E-state index in [0.717, 1.165) is 11.1 Å². The maximum Gasteiger partial charge on any atom is 0.417 e. The average molecular weight is 611 g/mol. The van der Waals surface area contributed by atoms with Crippen LogP contribution in [0.2, 0.25) is 0 Å². The normalized spacial score (nSPS) is 11.7. The third-order valence-electron chi connectivity index (χ3n) is 4.34. The quantitative estimate of drug-likeness (QED) is 0.342. The van der Waals surface area contributed by atoms with Crippen LogP contribution >= 0.6 is 31.9 Å². The predicted octanol–water partition coefficient (Wildman–Crippen LogP) is 5.83. The van der Waals surface area contributed by atoms with Gasteiger partial charge in [0.05, 0.1) is 11.9 Å². The van der Waals surface area contributed by atoms with Crippen molar-refractivity contribution in [2.24, 2.45) is 0 Å². The van der Waals surface area contributed by atoms with Crippen molar-refractivity contribution < 1.29 is 23.5 Å². The molecule has 0 saturated heterocycles. The lowest BCUT2D eigenvalue weighted by Crippen LogP contribution is -2.41. The first-order valence-corrected chi connectivity index (χ1v) is 12.5. The zero-order valence-corrected chi connectivity index (χ0v) is 23.1. The lowest BCUT2D eigenvalue weighted by Gasteiger charge is -2.25. The van der Waals surface area contributed by atoms with Crippen molar-refractivity contribution in [2.75, 3.05) is 0 Å². The molecule has 35 heavy (non-hydrogen) atoms. The third kappa shape index (κ3) is 7.82. The average Bonchev–Trinajstić information content (AvgIpc) is 3.23. The van der Waals surface area contributed by atoms with Crippen LogP contribution in [0.1, 0.15) is 45.9 Å². The highest BCUT2D eigenvalue weighted by Gasteiger charge is 2.29. The smallest absolute Gasteiger partial charge is 0.417 e. The van der Waals surface area contributed by atoms with Gasteiger partial charge in [0.2, 0.25) is 5.89 Å². The number of hydrogen-bond acceptors (Lipinski definition) is 9. The molecule has 2 heterocycles. The standard InChI is InChI=1S/C23H25Br2N5O5/c1-22(2,3)34-20(31)28-21(32)35-23(4,5)10-15-17(27-16(25)12-26-15)19-30-29-18(33-19)14-8-6-7-13(9-14)11-24/h6-9,12H,10-11H2,1-5H3,(H,28,31,32). The van der Waals surface area contributed by atoms with E-state index in [1.807, 2.05) is 24.3 Å². The van der Waals surface area contributed by atoms with Gasteiger partial charge in [-0.1, -0.05) is 28.1 Å². The minimum Gasteiger partial charge on any atom is -0.443 e. The number of carbonyl (C=O) groups is 2. The monoisotopic (exact) mass is 609 g/mol. The van der Waals surface area contributed by atoms with E-state index < -0.39 is 23.4 Å². The van der Waals surface area contributed by atoms with Gasteiger partial charge in [0.25, 0.3) is 5.89 Å². The van der Waals surface area contributed by atoms with Gasteiger partial charge in [-0.15, -0.1) is 10.2 Å². The number of hydrogen-bond donors (Lipinski definition) is 1. The van der Waals surface area contributed by atoms with Gasteiger partial charge in [-0.05, 0) is 68.2 Å². The number of ether oxygens (including phenoxy) is 2. The van der Waals surface area contributed by atoms with Gasteiger partial charge in [-0.3, -0.25) is 4.98 Å². The van der Waals surface area contributed by atoms with Gasteiger partial charge < -0.3 is 13.9 Å². The van der Waals surface area contributed by atoms with Crippen molar-refractivity contribution >= 4 is 44.0 Å². The van der Waals surface area contributed by atoms with Crippen LogP contribution < -0.4 is 5.32 Å². The predicted molar refractivity (Wildman–Crippen MR) is 135 cm³/mol. The molecule has 0 aliphatic carbocycles. The Labute approximate surface area is 219 Å². The molecular weight excluding hydrogens is 586 g/mol. The van der Waals surface area contributed by atoms with Crippen LogP contribution in [-0.2, 0) is 21.2 Å². The van der Waals surface area contributed by atoms with Crippen molar-refractivity contribution in [1.29, 1.82) is 0 Å². The molecule has 10 nitrogen and oxygen atoms in total. The van der Waals surface area contributed by atoms with E-state index >= 15 is 0 Å². The van der Waals surface area contributed by atoms with Crippen LogP contribution in [0.3, 0.4) is 0 Å². The number of rotatable bonds is 6. The zero-order chi connectivity index (χ0) is 25.8. The molecule has 0 saturated carbocycles. The maximum absolute atomic E-state index is 12.2. The fraction of sp³-hybridized carbons (Fsp3) is 0.391. The second kappa shape index (κ2) is 10.8. The van der Waals surface area contributed by atoms with Gasteiger partial charge >= 0.3 is 12.2 Å². The second-order valence-corrected chi connectivity index (χ2v) is 10.6. The first-order valence-electron chi connectivity index (χ1n) is 10.6. The Morgan fingerprint density at radius 1 is 1.06 bits per heavy atom. The summed E-state index contributed by atoms with van der Waals surface area (Å²) < 4.78 is 16.9. The number of carbonyl (C=O) groups excluding carboxylic acids is 2. The Balaban J connectivity index is 1.79. The molecule has 0 bridgehead atoms. The number of benzene rings is 1. The summed E-state index contributed by atoms with van der Waals surface area (Å²) in [5.74, 6) is 0.504. The van der Waals surface area contributed by atoms with Crippen LogP contribution in [0.5, 0.6) is 0 Å². The molecule has 2 amide bonds. The first-order chi connectivity index (χ1) is 16.3. The van der Waals surface area contributed by atoms with Crippen LogP contribution in [-0.4, -0.2) is 43.6 Å². The van der Waals surface area contributed by atoms with Crippen LogP contribution in [0.25, 0.3) is 23.0 Å². The van der Waals surface area contributed by atoms with Crippen molar-refractivity contribution in [1.82, 2.24) is 25.5 Å². The molecule has 0 fully saturated rings.